The van der Waals surface area contributed by atoms with Crippen LogP contribution in [0, 0.1) is 13.8 Å². The largest absolute Gasteiger partial charge is 0.481 e. The minimum Gasteiger partial charge on any atom is -0.481 e. The summed E-state index contributed by atoms with van der Waals surface area (Å²) in [6.07, 6.45) is 2.69. The highest BCUT2D eigenvalue weighted by Gasteiger charge is 2.29. The molecule has 94 valence electrons. The summed E-state index contributed by atoms with van der Waals surface area (Å²) in [7, 11) is 0. The number of hydrogen-bond donors (Lipinski definition) is 2. The summed E-state index contributed by atoms with van der Waals surface area (Å²) in [6.45, 7) is 4.16. The van der Waals surface area contributed by atoms with Gasteiger partial charge in [-0.05, 0) is 50.3 Å². The van der Waals surface area contributed by atoms with Crippen molar-refractivity contribution in [2.75, 3.05) is 0 Å². The molecule has 0 fully saturated rings. The highest BCUT2D eigenvalue weighted by atomic mass is 16.4. The van der Waals surface area contributed by atoms with Gasteiger partial charge in [0.1, 0.15) is 0 Å². The monoisotopic (exact) mass is 243 g/mol. The van der Waals surface area contributed by atoms with E-state index in [1.807, 2.05) is 0 Å². The Morgan fingerprint density at radius 2 is 2.17 bits per heavy atom. The van der Waals surface area contributed by atoms with Gasteiger partial charge in [0.05, 0.1) is 5.92 Å². The molecular weight excluding hydrogens is 226 g/mol. The van der Waals surface area contributed by atoms with Gasteiger partial charge in [-0.25, -0.2) is 0 Å². The van der Waals surface area contributed by atoms with Gasteiger partial charge in [-0.3, -0.25) is 4.79 Å². The molecular formula is C15H17NO2. The van der Waals surface area contributed by atoms with E-state index in [0.717, 1.165) is 30.5 Å². The zero-order valence-corrected chi connectivity index (χ0v) is 10.7. The third-order valence-electron chi connectivity index (χ3n) is 3.96. The lowest BCUT2D eigenvalue weighted by atomic mass is 9.86. The van der Waals surface area contributed by atoms with Gasteiger partial charge in [-0.1, -0.05) is 11.6 Å². The Labute approximate surface area is 106 Å². The maximum Gasteiger partial charge on any atom is 0.312 e. The molecule has 1 unspecified atom stereocenters. The molecule has 0 saturated carbocycles. The summed E-state index contributed by atoms with van der Waals surface area (Å²) in [5, 5.41) is 10.5. The summed E-state index contributed by atoms with van der Waals surface area (Å²) >= 11 is 0. The number of carbonyl (C=O) groups is 1. The highest BCUT2D eigenvalue weighted by Crippen LogP contribution is 2.37. The highest BCUT2D eigenvalue weighted by molar-refractivity contribution is 5.90. The molecule has 1 aromatic carbocycles. The lowest BCUT2D eigenvalue weighted by Crippen LogP contribution is -2.17. The van der Waals surface area contributed by atoms with Crippen LogP contribution in [0.1, 0.15) is 41.1 Å². The van der Waals surface area contributed by atoms with E-state index in [1.54, 1.807) is 0 Å². The molecule has 3 nitrogen and oxygen atoms in total. The van der Waals surface area contributed by atoms with E-state index in [-0.39, 0.29) is 5.92 Å². The number of aliphatic carboxylic acids is 1. The van der Waals surface area contributed by atoms with Crippen LogP contribution in [0.2, 0.25) is 0 Å². The topological polar surface area (TPSA) is 53.1 Å². The summed E-state index contributed by atoms with van der Waals surface area (Å²) in [6, 6.07) is 4.31. The zero-order chi connectivity index (χ0) is 12.9. The number of carboxylic acids is 1. The maximum atomic E-state index is 11.3. The molecule has 0 spiro atoms. The number of H-pyrrole nitrogens is 1. The van der Waals surface area contributed by atoms with Crippen LogP contribution in [-0.4, -0.2) is 16.1 Å². The predicted molar refractivity (Wildman–Crippen MR) is 71.1 cm³/mol. The molecule has 1 aromatic heterocycles. The van der Waals surface area contributed by atoms with Crippen molar-refractivity contribution in [3.8, 4) is 0 Å². The van der Waals surface area contributed by atoms with Crippen molar-refractivity contribution in [3.05, 3.63) is 34.5 Å². The van der Waals surface area contributed by atoms with Gasteiger partial charge in [-0.15, -0.1) is 0 Å². The molecule has 0 radical (unpaired) electrons. The average Bonchev–Trinajstić information content (AvgIpc) is 2.68. The van der Waals surface area contributed by atoms with E-state index < -0.39 is 5.97 Å². The maximum absolute atomic E-state index is 11.3. The Hall–Kier alpha value is -1.77. The molecule has 0 aliphatic heterocycles. The van der Waals surface area contributed by atoms with Crippen molar-refractivity contribution in [1.29, 1.82) is 0 Å². The number of aryl methyl sites for hydroxylation is 3. The van der Waals surface area contributed by atoms with E-state index in [0.29, 0.717) is 0 Å². The summed E-state index contributed by atoms with van der Waals surface area (Å²) < 4.78 is 0. The molecule has 0 bridgehead atoms. The second-order valence-electron chi connectivity index (χ2n) is 5.30. The minimum atomic E-state index is -0.711. The molecule has 2 N–H and O–H groups in total. The summed E-state index contributed by atoms with van der Waals surface area (Å²) in [5.74, 6) is -1.07. The third kappa shape index (κ3) is 1.54. The van der Waals surface area contributed by atoms with Crippen LogP contribution >= 0.6 is 0 Å². The van der Waals surface area contributed by atoms with E-state index in [4.69, 9.17) is 0 Å². The smallest absolute Gasteiger partial charge is 0.312 e. The van der Waals surface area contributed by atoms with Crippen LogP contribution in [0.15, 0.2) is 12.1 Å². The fourth-order valence-corrected chi connectivity index (χ4v) is 3.17. The van der Waals surface area contributed by atoms with Gasteiger partial charge in [0.15, 0.2) is 0 Å². The number of fused-ring (bicyclic) bond motifs is 3. The molecule has 3 heteroatoms. The number of nitrogens with one attached hydrogen (secondary N) is 1. The molecule has 1 aliphatic rings. The lowest BCUT2D eigenvalue weighted by molar-refractivity contribution is -0.139. The first-order valence-corrected chi connectivity index (χ1v) is 6.42. The molecule has 2 aromatic rings. The molecule has 1 heterocycles. The van der Waals surface area contributed by atoms with Gasteiger partial charge >= 0.3 is 5.97 Å². The number of hydrogen-bond acceptors (Lipinski definition) is 1. The van der Waals surface area contributed by atoms with Gasteiger partial charge in [0.2, 0.25) is 0 Å². The van der Waals surface area contributed by atoms with Crippen LogP contribution in [0.3, 0.4) is 0 Å². The van der Waals surface area contributed by atoms with Crippen LogP contribution < -0.4 is 0 Å². The van der Waals surface area contributed by atoms with Crippen molar-refractivity contribution in [1.82, 2.24) is 4.98 Å². The number of aromatic nitrogens is 1. The van der Waals surface area contributed by atoms with Gasteiger partial charge in [0.25, 0.3) is 0 Å². The second-order valence-corrected chi connectivity index (χ2v) is 5.30. The average molecular weight is 243 g/mol. The molecule has 1 aliphatic carbocycles. The van der Waals surface area contributed by atoms with Crippen LogP contribution in [0.4, 0.5) is 0 Å². The minimum absolute atomic E-state index is 0.360. The number of rotatable bonds is 1. The van der Waals surface area contributed by atoms with Crippen molar-refractivity contribution >= 4 is 16.9 Å². The second kappa shape index (κ2) is 3.87. The van der Waals surface area contributed by atoms with Crippen molar-refractivity contribution in [3.63, 3.8) is 0 Å². The van der Waals surface area contributed by atoms with Crippen LogP contribution in [0.25, 0.3) is 10.9 Å². The fraction of sp³-hybridized carbons (Fsp3) is 0.400. The van der Waals surface area contributed by atoms with Crippen LogP contribution in [-0.2, 0) is 11.2 Å². The summed E-state index contributed by atoms with van der Waals surface area (Å²) in [4.78, 5) is 14.7. The lowest BCUT2D eigenvalue weighted by Gasteiger charge is -2.18. The first kappa shape index (κ1) is 11.3. The number of benzene rings is 1. The fourth-order valence-electron chi connectivity index (χ4n) is 3.17. The Morgan fingerprint density at radius 1 is 1.39 bits per heavy atom. The van der Waals surface area contributed by atoms with E-state index in [1.165, 1.54) is 22.1 Å². The van der Waals surface area contributed by atoms with Crippen molar-refractivity contribution in [2.24, 2.45) is 0 Å². The third-order valence-corrected chi connectivity index (χ3v) is 3.96. The molecule has 18 heavy (non-hydrogen) atoms. The van der Waals surface area contributed by atoms with Crippen molar-refractivity contribution < 1.29 is 9.90 Å². The Kier molecular flexibility index (Phi) is 2.44. The Bertz CT molecular complexity index is 639. The van der Waals surface area contributed by atoms with E-state index >= 15 is 0 Å². The molecule has 0 saturated heterocycles. The Balaban J connectivity index is 2.30. The number of aromatic amines is 1. The normalized spacial score (nSPS) is 18.9. The molecule has 3 rings (SSSR count). The standard InChI is InChI=1S/C15H17NO2/c1-8-6-9(2)13-12(7-8)10-4-3-5-11(15(17)18)14(10)16-13/h6-7,11,16H,3-5H2,1-2H3,(H,17,18). The van der Waals surface area contributed by atoms with E-state index in [2.05, 4.69) is 31.0 Å². The van der Waals surface area contributed by atoms with E-state index in [9.17, 15) is 9.90 Å². The van der Waals surface area contributed by atoms with Crippen molar-refractivity contribution in [2.45, 2.75) is 39.0 Å². The molecule has 1 atom stereocenters. The first-order chi connectivity index (χ1) is 8.58. The first-order valence-electron chi connectivity index (χ1n) is 6.42. The zero-order valence-electron chi connectivity index (χ0n) is 10.7. The summed E-state index contributed by atoms with van der Waals surface area (Å²) in [5.41, 5.74) is 5.69. The Morgan fingerprint density at radius 3 is 2.89 bits per heavy atom. The predicted octanol–water partition coefficient (Wildman–Crippen LogP) is 3.29. The van der Waals surface area contributed by atoms with Gasteiger partial charge in [-0.2, -0.15) is 0 Å². The quantitative estimate of drug-likeness (QED) is 0.807. The molecule has 0 amide bonds. The number of carboxylic acid groups (broad SMARTS) is 1. The van der Waals surface area contributed by atoms with Crippen LogP contribution in [0.5, 0.6) is 0 Å². The van der Waals surface area contributed by atoms with Gasteiger partial charge in [0, 0.05) is 16.6 Å². The van der Waals surface area contributed by atoms with Gasteiger partial charge < -0.3 is 10.1 Å². The SMILES string of the molecule is Cc1cc(C)c2[nH]c3c(c2c1)CCCC3C(=O)O.